The molecule has 0 heterocycles. The molecular formula is C44H91O2P. The van der Waals surface area contributed by atoms with Gasteiger partial charge in [0, 0.05) is 6.42 Å². The lowest BCUT2D eigenvalue weighted by molar-refractivity contribution is -0.137. The highest BCUT2D eigenvalue weighted by Gasteiger charge is 2.32. The Morgan fingerprint density at radius 1 is 0.426 bits per heavy atom. The van der Waals surface area contributed by atoms with Gasteiger partial charge in [0.1, 0.15) is 0 Å². The van der Waals surface area contributed by atoms with Crippen molar-refractivity contribution in [3.05, 3.63) is 0 Å². The summed E-state index contributed by atoms with van der Waals surface area (Å²) in [5, 5.41) is 8.93. The summed E-state index contributed by atoms with van der Waals surface area (Å²) in [6.07, 6.45) is 49.1. The van der Waals surface area contributed by atoms with E-state index in [2.05, 4.69) is 43.9 Å². The number of hydrogen-bond donors (Lipinski definition) is 1. The van der Waals surface area contributed by atoms with Crippen molar-refractivity contribution in [2.24, 2.45) is 5.92 Å². The van der Waals surface area contributed by atoms with E-state index in [1.807, 2.05) is 0 Å². The third-order valence-corrected chi connectivity index (χ3v) is 11.7. The average molecular weight is 683 g/mol. The summed E-state index contributed by atoms with van der Waals surface area (Å²) < 4.78 is 0. The molecule has 2 nitrogen and oxygen atoms in total. The number of carbonyl (C=O) groups is 1. The average Bonchev–Trinajstić information content (AvgIpc) is 3.06. The molecule has 0 rings (SSSR count). The Bertz CT molecular complexity index is 579. The molecular weight excluding hydrogens is 591 g/mol. The zero-order valence-electron chi connectivity index (χ0n) is 33.5. The molecule has 0 spiro atoms. The number of rotatable bonds is 37. The molecule has 2 unspecified atom stereocenters. The quantitative estimate of drug-likeness (QED) is 0.0523. The first-order valence-corrected chi connectivity index (χ1v) is 22.5. The molecule has 0 bridgehead atoms. The van der Waals surface area contributed by atoms with Crippen LogP contribution in [0.25, 0.3) is 0 Å². The Kier molecular flexibility index (Phi) is 42.1. The fraction of sp³-hybridized carbons (Fsp3) is 0.977. The van der Waals surface area contributed by atoms with E-state index in [1.165, 1.54) is 212 Å². The van der Waals surface area contributed by atoms with Gasteiger partial charge in [-0.05, 0) is 43.2 Å². The van der Waals surface area contributed by atoms with Crippen LogP contribution < -0.4 is 0 Å². The molecule has 3 heteroatoms. The van der Waals surface area contributed by atoms with E-state index in [4.69, 9.17) is 5.11 Å². The van der Waals surface area contributed by atoms with Crippen molar-refractivity contribution in [1.82, 2.24) is 0 Å². The van der Waals surface area contributed by atoms with Crippen molar-refractivity contribution in [2.45, 2.75) is 271 Å². The molecule has 0 fully saturated rings. The molecule has 0 aromatic heterocycles. The molecule has 0 aromatic carbocycles. The van der Waals surface area contributed by atoms with Crippen molar-refractivity contribution in [3.63, 3.8) is 0 Å². The molecule has 0 aliphatic rings. The van der Waals surface area contributed by atoms with Crippen LogP contribution in [0.4, 0.5) is 0 Å². The van der Waals surface area contributed by atoms with E-state index < -0.39 is 5.97 Å². The van der Waals surface area contributed by atoms with Gasteiger partial charge in [-0.2, -0.15) is 0 Å². The van der Waals surface area contributed by atoms with Gasteiger partial charge >= 0.3 is 5.97 Å². The van der Waals surface area contributed by atoms with Crippen LogP contribution in [0.3, 0.4) is 0 Å². The van der Waals surface area contributed by atoms with E-state index in [-0.39, 0.29) is 0 Å². The van der Waals surface area contributed by atoms with Gasteiger partial charge in [-0.25, -0.2) is 0 Å². The van der Waals surface area contributed by atoms with Gasteiger partial charge in [-0.3, -0.25) is 4.79 Å². The predicted octanol–water partition coefficient (Wildman–Crippen LogP) is 16.4. The Morgan fingerprint density at radius 2 is 0.681 bits per heavy atom. The molecule has 0 aromatic rings. The van der Waals surface area contributed by atoms with Gasteiger partial charge in [0.15, 0.2) is 0 Å². The Balaban J connectivity index is 0. The summed E-state index contributed by atoms with van der Waals surface area (Å²) >= 11 is 0. The van der Waals surface area contributed by atoms with E-state index in [0.717, 1.165) is 18.8 Å². The third-order valence-electron chi connectivity index (χ3n) is 10.6. The van der Waals surface area contributed by atoms with Crippen molar-refractivity contribution in [1.29, 1.82) is 0 Å². The molecule has 47 heavy (non-hydrogen) atoms. The van der Waals surface area contributed by atoms with E-state index >= 15 is 0 Å². The summed E-state index contributed by atoms with van der Waals surface area (Å²) in [7, 11) is 3.49. The number of hydrogen-bond acceptors (Lipinski definition) is 1. The molecule has 0 saturated carbocycles. The highest BCUT2D eigenvalue weighted by molar-refractivity contribution is 7.19. The maximum Gasteiger partial charge on any atom is 0.303 e. The second-order valence-corrected chi connectivity index (χ2v) is 16.5. The minimum absolute atomic E-state index is 0.343. The largest absolute Gasteiger partial charge is 0.481 e. The van der Waals surface area contributed by atoms with Crippen molar-refractivity contribution in [3.8, 4) is 0 Å². The van der Waals surface area contributed by atoms with Gasteiger partial charge in [-0.1, -0.05) is 227 Å². The molecule has 0 aliphatic carbocycles. The van der Waals surface area contributed by atoms with E-state index in [9.17, 15) is 4.79 Å². The lowest BCUT2D eigenvalue weighted by atomic mass is 9.77. The first-order chi connectivity index (χ1) is 22.9. The summed E-state index contributed by atoms with van der Waals surface area (Å²) in [5.74, 6) is 0.282. The van der Waals surface area contributed by atoms with Gasteiger partial charge in [0.25, 0.3) is 0 Å². The number of aliphatic carboxylic acids is 1. The molecule has 284 valence electrons. The van der Waals surface area contributed by atoms with Gasteiger partial charge in [-0.15, -0.1) is 9.24 Å². The highest BCUT2D eigenvalue weighted by Crippen LogP contribution is 2.44. The van der Waals surface area contributed by atoms with Crippen LogP contribution in [0.5, 0.6) is 0 Å². The van der Waals surface area contributed by atoms with Gasteiger partial charge < -0.3 is 5.11 Å². The fourth-order valence-electron chi connectivity index (χ4n) is 7.30. The maximum atomic E-state index is 10.2. The van der Waals surface area contributed by atoms with Crippen molar-refractivity contribution < 1.29 is 9.90 Å². The minimum Gasteiger partial charge on any atom is -0.481 e. The fourth-order valence-corrected chi connectivity index (χ4v) is 8.04. The van der Waals surface area contributed by atoms with E-state index in [0.29, 0.717) is 11.6 Å². The summed E-state index contributed by atoms with van der Waals surface area (Å²) in [4.78, 5) is 10.2. The van der Waals surface area contributed by atoms with Crippen molar-refractivity contribution in [2.75, 3.05) is 0 Å². The number of unbranched alkanes of at least 4 members (excludes halogenated alkanes) is 26. The summed E-state index contributed by atoms with van der Waals surface area (Å²) in [6.45, 7) is 11.6. The third kappa shape index (κ3) is 37.0. The molecule has 2 atom stereocenters. The van der Waals surface area contributed by atoms with Gasteiger partial charge in [0.2, 0.25) is 0 Å². The van der Waals surface area contributed by atoms with Crippen LogP contribution in [0.1, 0.15) is 266 Å². The number of carboxylic acid groups (broad SMARTS) is 1. The topological polar surface area (TPSA) is 37.3 Å². The Morgan fingerprint density at radius 3 is 1.00 bits per heavy atom. The smallest absolute Gasteiger partial charge is 0.303 e. The van der Waals surface area contributed by atoms with Crippen LogP contribution in [0.2, 0.25) is 0 Å². The monoisotopic (exact) mass is 683 g/mol. The number of carboxylic acids is 1. The lowest BCUT2D eigenvalue weighted by Crippen LogP contribution is -2.32. The zero-order valence-corrected chi connectivity index (χ0v) is 34.6. The predicted molar refractivity (Wildman–Crippen MR) is 218 cm³/mol. The second-order valence-electron chi connectivity index (χ2n) is 15.3. The Labute approximate surface area is 301 Å². The van der Waals surface area contributed by atoms with Crippen molar-refractivity contribution >= 4 is 15.2 Å². The molecule has 0 saturated heterocycles. The Hall–Kier alpha value is -0.100. The zero-order chi connectivity index (χ0) is 35.1. The van der Waals surface area contributed by atoms with Crippen LogP contribution in [-0.4, -0.2) is 16.2 Å². The standard InChI is InChI=1S/C32H67P.C12H24O2/c1-5-9-13-17-18-19-20-21-22-24-28-31(27-23-14-10-6-2)32(33,29-25-15-11-7-3)30-26-16-12-8-4;1-2-3-4-5-6-7-8-9-10-11-12(13)14/h31H,5-30,33H2,1-4H3;2-11H2,1H3,(H,13,14). The molecule has 1 N–H and O–H groups in total. The molecule has 0 amide bonds. The van der Waals surface area contributed by atoms with Crippen LogP contribution in [0.15, 0.2) is 0 Å². The minimum atomic E-state index is -0.659. The first kappa shape index (κ1) is 49.0. The van der Waals surface area contributed by atoms with Crippen LogP contribution in [-0.2, 0) is 4.79 Å². The molecule has 0 aliphatic heterocycles. The van der Waals surface area contributed by atoms with Gasteiger partial charge in [0.05, 0.1) is 0 Å². The first-order valence-electron chi connectivity index (χ1n) is 21.9. The lowest BCUT2D eigenvalue weighted by Gasteiger charge is -2.39. The second kappa shape index (κ2) is 40.3. The van der Waals surface area contributed by atoms with Crippen LogP contribution in [0, 0.1) is 5.92 Å². The summed E-state index contributed by atoms with van der Waals surface area (Å²) in [5.41, 5.74) is 0. The van der Waals surface area contributed by atoms with E-state index in [1.54, 1.807) is 0 Å². The van der Waals surface area contributed by atoms with Crippen LogP contribution >= 0.6 is 9.24 Å². The SMILES string of the molecule is CCCCCCCCCCCC(=O)O.CCCCCCCCCCCCC(CCCCCC)C(P)(CCCCCC)CCCCCC. The summed E-state index contributed by atoms with van der Waals surface area (Å²) in [6, 6.07) is 0. The molecule has 0 radical (unpaired) electrons. The maximum absolute atomic E-state index is 10.2. The normalized spacial score (nSPS) is 12.2. The highest BCUT2D eigenvalue weighted by atomic mass is 31.0.